The van der Waals surface area contributed by atoms with E-state index in [1.54, 1.807) is 0 Å². The summed E-state index contributed by atoms with van der Waals surface area (Å²) < 4.78 is 2.24. The summed E-state index contributed by atoms with van der Waals surface area (Å²) in [5.41, 5.74) is 8.06. The lowest BCUT2D eigenvalue weighted by Gasteiger charge is -2.46. The molecule has 1 unspecified atom stereocenters. The van der Waals surface area contributed by atoms with Crippen molar-refractivity contribution in [3.05, 3.63) is 18.2 Å². The number of hydrogen-bond donors (Lipinski definition) is 1. The van der Waals surface area contributed by atoms with Crippen molar-refractivity contribution >= 4 is 0 Å². The fourth-order valence-corrected chi connectivity index (χ4v) is 4.44. The van der Waals surface area contributed by atoms with Crippen molar-refractivity contribution in [2.45, 2.75) is 64.5 Å². The number of piperidine rings is 1. The smallest absolute Gasteiger partial charge is 0.0948 e. The minimum atomic E-state index is 0.341. The zero-order chi connectivity index (χ0) is 14.7. The second-order valence-electron chi connectivity index (χ2n) is 6.95. The van der Waals surface area contributed by atoms with E-state index in [0.29, 0.717) is 18.0 Å². The molecule has 118 valence electrons. The lowest BCUT2D eigenvalue weighted by Crippen LogP contribution is -2.45. The van der Waals surface area contributed by atoms with Crippen LogP contribution in [-0.2, 0) is 6.54 Å². The van der Waals surface area contributed by atoms with E-state index in [9.17, 15) is 0 Å². The van der Waals surface area contributed by atoms with Crippen LogP contribution in [0.3, 0.4) is 0 Å². The van der Waals surface area contributed by atoms with Crippen LogP contribution in [0.1, 0.15) is 63.6 Å². The van der Waals surface area contributed by atoms with Crippen molar-refractivity contribution in [1.82, 2.24) is 14.5 Å². The van der Waals surface area contributed by atoms with Crippen molar-refractivity contribution in [3.63, 3.8) is 0 Å². The van der Waals surface area contributed by atoms with E-state index in [2.05, 4.69) is 21.4 Å². The van der Waals surface area contributed by atoms with Crippen LogP contribution in [0.25, 0.3) is 0 Å². The van der Waals surface area contributed by atoms with Gasteiger partial charge >= 0.3 is 0 Å². The van der Waals surface area contributed by atoms with Crippen LogP contribution in [0.5, 0.6) is 0 Å². The molecule has 0 radical (unpaired) electrons. The number of nitrogens with two attached hydrogens (primary N) is 1. The van der Waals surface area contributed by atoms with Gasteiger partial charge in [0.1, 0.15) is 0 Å². The molecule has 2 aliphatic rings. The van der Waals surface area contributed by atoms with Crippen LogP contribution in [0.2, 0.25) is 0 Å². The molecule has 1 aliphatic carbocycles. The number of nitrogens with zero attached hydrogens (tertiary/aromatic N) is 3. The molecule has 1 spiro atoms. The Morgan fingerprint density at radius 1 is 1.19 bits per heavy atom. The van der Waals surface area contributed by atoms with Crippen LogP contribution in [0.15, 0.2) is 12.5 Å². The summed E-state index contributed by atoms with van der Waals surface area (Å²) in [6.45, 7) is 6.25. The molecular weight excluding hydrogens is 260 g/mol. The molecule has 2 fully saturated rings. The van der Waals surface area contributed by atoms with E-state index in [-0.39, 0.29) is 0 Å². The molecule has 0 aromatic carbocycles. The Hall–Kier alpha value is -0.870. The summed E-state index contributed by atoms with van der Waals surface area (Å²) in [5, 5.41) is 0. The molecule has 0 amide bonds. The normalized spacial score (nSPS) is 24.3. The maximum Gasteiger partial charge on any atom is 0.0948 e. The lowest BCUT2D eigenvalue weighted by atomic mass is 9.68. The van der Waals surface area contributed by atoms with Crippen LogP contribution in [-0.4, -0.2) is 34.1 Å². The summed E-state index contributed by atoms with van der Waals surface area (Å²) in [5.74, 6) is 0. The van der Waals surface area contributed by atoms with E-state index < -0.39 is 0 Å². The summed E-state index contributed by atoms with van der Waals surface area (Å²) >= 11 is 0. The molecule has 1 aromatic rings. The molecule has 1 aromatic heterocycles. The summed E-state index contributed by atoms with van der Waals surface area (Å²) in [6.07, 6.45) is 13.9. The zero-order valence-electron chi connectivity index (χ0n) is 13.4. The Kier molecular flexibility index (Phi) is 4.65. The van der Waals surface area contributed by atoms with Gasteiger partial charge in [0.05, 0.1) is 18.1 Å². The molecule has 1 aliphatic heterocycles. The van der Waals surface area contributed by atoms with Gasteiger partial charge in [0.2, 0.25) is 0 Å². The fraction of sp³-hybridized carbons (Fsp3) is 0.824. The van der Waals surface area contributed by atoms with E-state index >= 15 is 0 Å². The van der Waals surface area contributed by atoms with Gasteiger partial charge in [-0.25, -0.2) is 4.98 Å². The molecule has 0 bridgehead atoms. The van der Waals surface area contributed by atoms with Gasteiger partial charge in [0.25, 0.3) is 0 Å². The first kappa shape index (κ1) is 15.0. The SMILES string of the molecule is CCn1cncc1C(CN)N1CCC2(CCCCC2)CC1. The summed E-state index contributed by atoms with van der Waals surface area (Å²) in [6, 6.07) is 0.341. The van der Waals surface area contributed by atoms with Gasteiger partial charge in [-0.3, -0.25) is 4.90 Å². The van der Waals surface area contributed by atoms with E-state index in [0.717, 1.165) is 6.54 Å². The Morgan fingerprint density at radius 2 is 1.90 bits per heavy atom. The Balaban J connectivity index is 1.67. The number of rotatable bonds is 4. The van der Waals surface area contributed by atoms with E-state index in [1.165, 1.54) is 63.7 Å². The Labute approximate surface area is 128 Å². The summed E-state index contributed by atoms with van der Waals surface area (Å²) in [7, 11) is 0. The first-order valence-electron chi connectivity index (χ1n) is 8.72. The van der Waals surface area contributed by atoms with E-state index in [4.69, 9.17) is 5.73 Å². The van der Waals surface area contributed by atoms with Gasteiger partial charge in [-0.1, -0.05) is 19.3 Å². The lowest BCUT2D eigenvalue weighted by molar-refractivity contribution is 0.0447. The molecule has 4 nitrogen and oxygen atoms in total. The van der Waals surface area contributed by atoms with Crippen molar-refractivity contribution in [2.75, 3.05) is 19.6 Å². The number of aromatic nitrogens is 2. The van der Waals surface area contributed by atoms with Gasteiger partial charge in [0, 0.05) is 19.3 Å². The molecule has 1 saturated heterocycles. The average Bonchev–Trinajstić information content (AvgIpc) is 2.99. The third-order valence-corrected chi connectivity index (χ3v) is 5.86. The van der Waals surface area contributed by atoms with Crippen molar-refractivity contribution in [2.24, 2.45) is 11.1 Å². The minimum absolute atomic E-state index is 0.341. The molecule has 2 N–H and O–H groups in total. The monoisotopic (exact) mass is 290 g/mol. The van der Waals surface area contributed by atoms with Crippen LogP contribution >= 0.6 is 0 Å². The van der Waals surface area contributed by atoms with Gasteiger partial charge < -0.3 is 10.3 Å². The molecule has 3 rings (SSSR count). The van der Waals surface area contributed by atoms with Crippen molar-refractivity contribution in [1.29, 1.82) is 0 Å². The number of hydrogen-bond acceptors (Lipinski definition) is 3. The molecule has 21 heavy (non-hydrogen) atoms. The van der Waals surface area contributed by atoms with Gasteiger partial charge in [-0.15, -0.1) is 0 Å². The molecule has 2 heterocycles. The number of aryl methyl sites for hydroxylation is 1. The molecule has 1 saturated carbocycles. The second-order valence-corrected chi connectivity index (χ2v) is 6.95. The number of likely N-dealkylation sites (tertiary alicyclic amines) is 1. The summed E-state index contributed by atoms with van der Waals surface area (Å²) in [4.78, 5) is 6.92. The fourth-order valence-electron chi connectivity index (χ4n) is 4.44. The third kappa shape index (κ3) is 3.02. The van der Waals surface area contributed by atoms with Crippen molar-refractivity contribution < 1.29 is 0 Å². The maximum absolute atomic E-state index is 6.11. The van der Waals surface area contributed by atoms with Gasteiger partial charge in [-0.05, 0) is 51.1 Å². The molecule has 1 atom stereocenters. The largest absolute Gasteiger partial charge is 0.333 e. The zero-order valence-corrected chi connectivity index (χ0v) is 13.4. The maximum atomic E-state index is 6.11. The highest BCUT2D eigenvalue weighted by Crippen LogP contribution is 2.45. The quantitative estimate of drug-likeness (QED) is 0.927. The Bertz CT molecular complexity index is 437. The third-order valence-electron chi connectivity index (χ3n) is 5.86. The van der Waals surface area contributed by atoms with E-state index in [1.807, 2.05) is 12.5 Å². The predicted molar refractivity (Wildman–Crippen MR) is 86.0 cm³/mol. The molecule has 4 heteroatoms. The highest BCUT2D eigenvalue weighted by Gasteiger charge is 2.37. The Morgan fingerprint density at radius 3 is 2.52 bits per heavy atom. The first-order valence-corrected chi connectivity index (χ1v) is 8.72. The first-order chi connectivity index (χ1) is 10.3. The van der Waals surface area contributed by atoms with Crippen LogP contribution in [0, 0.1) is 5.41 Å². The van der Waals surface area contributed by atoms with Gasteiger partial charge in [-0.2, -0.15) is 0 Å². The van der Waals surface area contributed by atoms with Crippen LogP contribution in [0.4, 0.5) is 0 Å². The van der Waals surface area contributed by atoms with Gasteiger partial charge in [0.15, 0.2) is 0 Å². The predicted octanol–water partition coefficient (Wildman–Crippen LogP) is 2.95. The highest BCUT2D eigenvalue weighted by molar-refractivity contribution is 5.07. The standard InChI is InChI=1S/C17H30N4/c1-2-20-14-19-13-16(20)15(12-18)21-10-8-17(9-11-21)6-4-3-5-7-17/h13-15H,2-12,18H2,1H3. The second kappa shape index (κ2) is 6.49. The molecular formula is C17H30N4. The van der Waals surface area contributed by atoms with Crippen molar-refractivity contribution in [3.8, 4) is 0 Å². The minimum Gasteiger partial charge on any atom is -0.333 e. The highest BCUT2D eigenvalue weighted by atomic mass is 15.2. The van der Waals surface area contributed by atoms with Crippen LogP contribution < -0.4 is 5.73 Å². The number of imidazole rings is 1. The topological polar surface area (TPSA) is 47.1 Å². The average molecular weight is 290 g/mol.